The van der Waals surface area contributed by atoms with Crippen LogP contribution in [0.5, 0.6) is 17.4 Å². The van der Waals surface area contributed by atoms with Gasteiger partial charge in [-0.1, -0.05) is 0 Å². The van der Waals surface area contributed by atoms with Crippen LogP contribution in [0.3, 0.4) is 0 Å². The van der Waals surface area contributed by atoms with Gasteiger partial charge in [0.15, 0.2) is 17.3 Å². The number of hydrogen-bond acceptors (Lipinski definition) is 4. The van der Waals surface area contributed by atoms with Crippen LogP contribution >= 0.6 is 11.6 Å². The summed E-state index contributed by atoms with van der Waals surface area (Å²) in [6.45, 7) is 0. The van der Waals surface area contributed by atoms with Gasteiger partial charge in [-0.2, -0.15) is 9.37 Å². The van der Waals surface area contributed by atoms with E-state index in [0.29, 0.717) is 0 Å². The predicted molar refractivity (Wildman–Crippen MR) is 60.0 cm³/mol. The Morgan fingerprint density at radius 1 is 1.22 bits per heavy atom. The molecule has 0 saturated heterocycles. The van der Waals surface area contributed by atoms with Gasteiger partial charge in [0.1, 0.15) is 0 Å². The lowest BCUT2D eigenvalue weighted by molar-refractivity contribution is 0.343. The number of halogens is 3. The third-order valence-electron chi connectivity index (χ3n) is 2.03. The Labute approximate surface area is 106 Å². The van der Waals surface area contributed by atoms with Crippen molar-refractivity contribution in [2.75, 3.05) is 7.11 Å². The van der Waals surface area contributed by atoms with E-state index < -0.39 is 17.4 Å². The number of benzene rings is 1. The fourth-order valence-electron chi connectivity index (χ4n) is 1.27. The molecule has 0 fully saturated rings. The molecule has 1 heterocycles. The zero-order valence-corrected chi connectivity index (χ0v) is 9.91. The van der Waals surface area contributed by atoms with Gasteiger partial charge in [0.2, 0.25) is 17.0 Å². The van der Waals surface area contributed by atoms with Crippen LogP contribution in [0.1, 0.15) is 0 Å². The van der Waals surface area contributed by atoms with Crippen LogP contribution in [-0.4, -0.2) is 17.1 Å². The Bertz CT molecular complexity index is 581. The molecule has 0 aliphatic heterocycles. The quantitative estimate of drug-likeness (QED) is 0.805. The highest BCUT2D eigenvalue weighted by Crippen LogP contribution is 2.31. The number of ether oxygens (including phenoxy) is 2. The molecule has 4 nitrogen and oxygen atoms in total. The molecule has 2 rings (SSSR count). The van der Waals surface area contributed by atoms with E-state index in [9.17, 15) is 8.78 Å². The van der Waals surface area contributed by atoms with Gasteiger partial charge >= 0.3 is 0 Å². The smallest absolute Gasteiger partial charge is 0.225 e. The lowest BCUT2D eigenvalue weighted by Gasteiger charge is -2.09. The minimum Gasteiger partial charge on any atom is -0.491 e. The standard InChI is InChI=1S/C11H7ClF2N2O2/c1-17-10-6(13)2-3-7(9(10)14)18-8-4-5-15-11(12)16-8/h2-5H,1H3. The third kappa shape index (κ3) is 2.48. The summed E-state index contributed by atoms with van der Waals surface area (Å²) in [7, 11) is 1.16. The van der Waals surface area contributed by atoms with E-state index in [2.05, 4.69) is 14.7 Å². The first-order chi connectivity index (χ1) is 8.61. The number of aromatic nitrogens is 2. The van der Waals surface area contributed by atoms with Gasteiger partial charge in [-0.3, -0.25) is 0 Å². The summed E-state index contributed by atoms with van der Waals surface area (Å²) in [6, 6.07) is 3.55. The van der Waals surface area contributed by atoms with Gasteiger partial charge < -0.3 is 9.47 Å². The fourth-order valence-corrected chi connectivity index (χ4v) is 1.41. The second kappa shape index (κ2) is 5.14. The van der Waals surface area contributed by atoms with E-state index in [-0.39, 0.29) is 16.9 Å². The van der Waals surface area contributed by atoms with Crippen LogP contribution in [0.4, 0.5) is 8.78 Å². The van der Waals surface area contributed by atoms with E-state index in [0.717, 1.165) is 19.2 Å². The van der Waals surface area contributed by atoms with E-state index in [1.165, 1.54) is 12.3 Å². The van der Waals surface area contributed by atoms with Crippen molar-refractivity contribution in [1.82, 2.24) is 9.97 Å². The maximum absolute atomic E-state index is 13.8. The second-order valence-electron chi connectivity index (χ2n) is 3.16. The fraction of sp³-hybridized carbons (Fsp3) is 0.0909. The Balaban J connectivity index is 2.35. The maximum atomic E-state index is 13.8. The molecule has 0 spiro atoms. The van der Waals surface area contributed by atoms with Crippen LogP contribution in [0.15, 0.2) is 24.4 Å². The summed E-state index contributed by atoms with van der Waals surface area (Å²) in [5.41, 5.74) is 0. The van der Waals surface area contributed by atoms with Crippen molar-refractivity contribution < 1.29 is 18.3 Å². The highest BCUT2D eigenvalue weighted by Gasteiger charge is 2.16. The summed E-state index contributed by atoms with van der Waals surface area (Å²) >= 11 is 5.55. The first-order valence-corrected chi connectivity index (χ1v) is 5.18. The molecule has 0 atom stereocenters. The largest absolute Gasteiger partial charge is 0.491 e. The van der Waals surface area contributed by atoms with Crippen LogP contribution in [-0.2, 0) is 0 Å². The Morgan fingerprint density at radius 3 is 2.67 bits per heavy atom. The molecule has 94 valence electrons. The molecule has 0 amide bonds. The molecule has 18 heavy (non-hydrogen) atoms. The third-order valence-corrected chi connectivity index (χ3v) is 2.22. The lowest BCUT2D eigenvalue weighted by Crippen LogP contribution is -1.97. The van der Waals surface area contributed by atoms with Crippen LogP contribution in [0.25, 0.3) is 0 Å². The molecule has 0 unspecified atom stereocenters. The molecule has 0 radical (unpaired) electrons. The second-order valence-corrected chi connectivity index (χ2v) is 3.50. The van der Waals surface area contributed by atoms with Gasteiger partial charge in [-0.05, 0) is 23.7 Å². The topological polar surface area (TPSA) is 44.2 Å². The Kier molecular flexibility index (Phi) is 3.57. The lowest BCUT2D eigenvalue weighted by atomic mass is 10.3. The normalized spacial score (nSPS) is 10.2. The first-order valence-electron chi connectivity index (χ1n) is 4.80. The highest BCUT2D eigenvalue weighted by atomic mass is 35.5. The molecular weight excluding hydrogens is 266 g/mol. The molecule has 2 aromatic rings. The maximum Gasteiger partial charge on any atom is 0.225 e. The monoisotopic (exact) mass is 272 g/mol. The van der Waals surface area contributed by atoms with Gasteiger partial charge in [0.25, 0.3) is 0 Å². The van der Waals surface area contributed by atoms with Crippen molar-refractivity contribution >= 4 is 11.6 Å². The highest BCUT2D eigenvalue weighted by molar-refractivity contribution is 6.28. The van der Waals surface area contributed by atoms with Crippen LogP contribution in [0, 0.1) is 11.6 Å². The molecule has 0 N–H and O–H groups in total. The summed E-state index contributed by atoms with van der Waals surface area (Å²) < 4.78 is 36.6. The molecule has 0 aliphatic carbocycles. The van der Waals surface area contributed by atoms with Crippen molar-refractivity contribution in [3.63, 3.8) is 0 Å². The average Bonchev–Trinajstić information content (AvgIpc) is 2.34. The number of methoxy groups -OCH3 is 1. The van der Waals surface area contributed by atoms with Gasteiger partial charge in [-0.25, -0.2) is 9.37 Å². The van der Waals surface area contributed by atoms with Crippen LogP contribution in [0.2, 0.25) is 5.28 Å². The van der Waals surface area contributed by atoms with E-state index in [1.807, 2.05) is 0 Å². The first kappa shape index (κ1) is 12.5. The van der Waals surface area contributed by atoms with E-state index in [1.54, 1.807) is 0 Å². The van der Waals surface area contributed by atoms with E-state index in [4.69, 9.17) is 16.3 Å². The Hall–Kier alpha value is -1.95. The number of rotatable bonds is 3. The molecule has 0 aliphatic rings. The summed E-state index contributed by atoms with van der Waals surface area (Å²) in [6.07, 6.45) is 1.35. The number of hydrogen-bond donors (Lipinski definition) is 0. The molecule has 1 aromatic carbocycles. The molecular formula is C11H7ClF2N2O2. The summed E-state index contributed by atoms with van der Waals surface area (Å²) in [5.74, 6) is -2.46. The Morgan fingerprint density at radius 2 is 2.00 bits per heavy atom. The number of nitrogens with zero attached hydrogens (tertiary/aromatic N) is 2. The zero-order valence-electron chi connectivity index (χ0n) is 9.15. The van der Waals surface area contributed by atoms with Crippen molar-refractivity contribution in [2.45, 2.75) is 0 Å². The van der Waals surface area contributed by atoms with E-state index >= 15 is 0 Å². The van der Waals surface area contributed by atoms with Crippen molar-refractivity contribution in [3.05, 3.63) is 41.3 Å². The summed E-state index contributed by atoms with van der Waals surface area (Å²) in [5, 5.41) is -0.0398. The minimum atomic E-state index is -0.952. The molecule has 7 heteroatoms. The minimum absolute atomic E-state index is 0.0398. The summed E-state index contributed by atoms with van der Waals surface area (Å²) in [4.78, 5) is 7.37. The SMILES string of the molecule is COc1c(F)ccc(Oc2ccnc(Cl)n2)c1F. The zero-order chi connectivity index (χ0) is 13.1. The van der Waals surface area contributed by atoms with Crippen molar-refractivity contribution in [2.24, 2.45) is 0 Å². The average molecular weight is 273 g/mol. The van der Waals surface area contributed by atoms with Crippen LogP contribution < -0.4 is 9.47 Å². The molecule has 0 saturated carbocycles. The molecule has 1 aromatic heterocycles. The molecule has 0 bridgehead atoms. The van der Waals surface area contributed by atoms with Gasteiger partial charge in [0, 0.05) is 12.3 Å². The van der Waals surface area contributed by atoms with Crippen molar-refractivity contribution in [1.29, 1.82) is 0 Å². The van der Waals surface area contributed by atoms with Crippen molar-refractivity contribution in [3.8, 4) is 17.4 Å². The van der Waals surface area contributed by atoms with Gasteiger partial charge in [-0.15, -0.1) is 0 Å². The van der Waals surface area contributed by atoms with Gasteiger partial charge in [0.05, 0.1) is 7.11 Å². The predicted octanol–water partition coefficient (Wildman–Crippen LogP) is 3.21.